The van der Waals surface area contributed by atoms with Gasteiger partial charge in [0.1, 0.15) is 0 Å². The number of pyridine rings is 1. The summed E-state index contributed by atoms with van der Waals surface area (Å²) in [6.07, 6.45) is 1.75. The number of carbonyl (C=O) groups excluding carboxylic acids is 2. The Labute approximate surface area is 173 Å². The van der Waals surface area contributed by atoms with Crippen LogP contribution in [-0.2, 0) is 4.79 Å². The topological polar surface area (TPSA) is 71.3 Å². The molecule has 1 saturated heterocycles. The summed E-state index contributed by atoms with van der Waals surface area (Å²) in [5.41, 5.74) is 1.91. The Balaban J connectivity index is 1.89. The van der Waals surface area contributed by atoms with E-state index in [0.717, 1.165) is 16.7 Å². The van der Waals surface area contributed by atoms with Crippen LogP contribution in [0.3, 0.4) is 0 Å². The lowest BCUT2D eigenvalue weighted by Gasteiger charge is -2.37. The van der Waals surface area contributed by atoms with Crippen LogP contribution in [0.1, 0.15) is 76.5 Å². The van der Waals surface area contributed by atoms with Crippen molar-refractivity contribution in [3.63, 3.8) is 0 Å². The molecular weight excluding hydrogens is 366 g/mol. The first-order valence-electron chi connectivity index (χ1n) is 10.5. The maximum absolute atomic E-state index is 13.4. The lowest BCUT2D eigenvalue weighted by Crippen LogP contribution is -2.53. The van der Waals surface area contributed by atoms with Crippen LogP contribution >= 0.6 is 0 Å². The summed E-state index contributed by atoms with van der Waals surface area (Å²) < 4.78 is 1.87. The van der Waals surface area contributed by atoms with Crippen LogP contribution < -0.4 is 0 Å². The third kappa shape index (κ3) is 4.14. The number of hydrogen-bond donors (Lipinski definition) is 0. The molecule has 0 unspecified atom stereocenters. The van der Waals surface area contributed by atoms with Gasteiger partial charge in [-0.2, -0.15) is 5.10 Å². The Morgan fingerprint density at radius 1 is 1.00 bits per heavy atom. The normalized spacial score (nSPS) is 15.6. The minimum absolute atomic E-state index is 0.00883. The number of fused-ring (bicyclic) bond motifs is 1. The van der Waals surface area contributed by atoms with Gasteiger partial charge in [-0.3, -0.25) is 9.59 Å². The van der Waals surface area contributed by atoms with Gasteiger partial charge in [-0.25, -0.2) is 9.67 Å². The van der Waals surface area contributed by atoms with Crippen molar-refractivity contribution in [3.8, 4) is 0 Å². The molecule has 0 radical (unpaired) electrons. The summed E-state index contributed by atoms with van der Waals surface area (Å²) in [5, 5.41) is 5.27. The lowest BCUT2D eigenvalue weighted by molar-refractivity contribution is -0.140. The third-order valence-electron chi connectivity index (χ3n) is 5.39. The van der Waals surface area contributed by atoms with Crippen molar-refractivity contribution in [2.75, 3.05) is 26.2 Å². The first-order chi connectivity index (χ1) is 13.5. The highest BCUT2D eigenvalue weighted by atomic mass is 16.2. The van der Waals surface area contributed by atoms with Crippen molar-refractivity contribution >= 4 is 22.8 Å². The van der Waals surface area contributed by atoms with Gasteiger partial charge in [-0.15, -0.1) is 0 Å². The van der Waals surface area contributed by atoms with Gasteiger partial charge in [0, 0.05) is 43.3 Å². The standard InChI is InChI=1S/C22H33N5O2/c1-14(2)18-12-16(17-13-23-27(15(3)4)19(17)24-18)20(28)25-8-10-26(11-9-25)21(29)22(5,6)7/h12-15H,8-11H2,1-7H3. The van der Waals surface area contributed by atoms with Gasteiger partial charge in [0.25, 0.3) is 5.91 Å². The minimum Gasteiger partial charge on any atom is -0.339 e. The highest BCUT2D eigenvalue weighted by Gasteiger charge is 2.32. The highest BCUT2D eigenvalue weighted by Crippen LogP contribution is 2.26. The van der Waals surface area contributed by atoms with E-state index in [4.69, 9.17) is 4.98 Å². The Bertz CT molecular complexity index is 915. The van der Waals surface area contributed by atoms with E-state index in [9.17, 15) is 9.59 Å². The second-order valence-corrected chi connectivity index (χ2v) is 9.50. The summed E-state index contributed by atoms with van der Waals surface area (Å²) in [6, 6.07) is 2.08. The molecule has 0 aliphatic carbocycles. The molecule has 2 aromatic rings. The Morgan fingerprint density at radius 3 is 2.10 bits per heavy atom. The van der Waals surface area contributed by atoms with E-state index < -0.39 is 5.41 Å². The molecule has 0 N–H and O–H groups in total. The number of rotatable bonds is 3. The number of aromatic nitrogens is 3. The van der Waals surface area contributed by atoms with E-state index in [2.05, 4.69) is 32.8 Å². The molecule has 1 fully saturated rings. The molecule has 3 rings (SSSR count). The second kappa shape index (κ2) is 7.76. The predicted molar refractivity (Wildman–Crippen MR) is 114 cm³/mol. The fourth-order valence-corrected chi connectivity index (χ4v) is 3.65. The van der Waals surface area contributed by atoms with Gasteiger partial charge >= 0.3 is 0 Å². The van der Waals surface area contributed by atoms with Gasteiger partial charge in [0.2, 0.25) is 5.91 Å². The van der Waals surface area contributed by atoms with Crippen molar-refractivity contribution in [1.82, 2.24) is 24.6 Å². The third-order valence-corrected chi connectivity index (χ3v) is 5.39. The first-order valence-corrected chi connectivity index (χ1v) is 10.5. The number of amides is 2. The molecule has 158 valence electrons. The van der Waals surface area contributed by atoms with Crippen LogP contribution in [0.15, 0.2) is 12.3 Å². The molecule has 1 aliphatic rings. The SMILES string of the molecule is CC(C)c1cc(C(=O)N2CCN(C(=O)C(C)(C)C)CC2)c2cnn(C(C)C)c2n1. The van der Waals surface area contributed by atoms with Gasteiger partial charge in [-0.1, -0.05) is 34.6 Å². The van der Waals surface area contributed by atoms with Crippen molar-refractivity contribution in [3.05, 3.63) is 23.5 Å². The minimum atomic E-state index is -0.402. The number of piperazine rings is 1. The summed E-state index contributed by atoms with van der Waals surface area (Å²) in [4.78, 5) is 34.4. The average molecular weight is 400 g/mol. The molecule has 0 atom stereocenters. The molecule has 7 nitrogen and oxygen atoms in total. The molecule has 0 saturated carbocycles. The molecule has 2 amide bonds. The largest absolute Gasteiger partial charge is 0.339 e. The maximum atomic E-state index is 13.4. The monoisotopic (exact) mass is 399 g/mol. The molecule has 7 heteroatoms. The number of carbonyl (C=O) groups is 2. The summed E-state index contributed by atoms with van der Waals surface area (Å²) in [7, 11) is 0. The van der Waals surface area contributed by atoms with Crippen LogP contribution in [0.4, 0.5) is 0 Å². The molecule has 0 aromatic carbocycles. The van der Waals surface area contributed by atoms with Gasteiger partial charge in [0.05, 0.1) is 17.1 Å². The second-order valence-electron chi connectivity index (χ2n) is 9.50. The first kappa shape index (κ1) is 21.3. The fourth-order valence-electron chi connectivity index (χ4n) is 3.65. The van der Waals surface area contributed by atoms with Crippen molar-refractivity contribution in [2.45, 2.75) is 60.4 Å². The Kier molecular flexibility index (Phi) is 5.70. The van der Waals surface area contributed by atoms with Gasteiger partial charge < -0.3 is 9.80 Å². The highest BCUT2D eigenvalue weighted by molar-refractivity contribution is 6.05. The van der Waals surface area contributed by atoms with Crippen LogP contribution in [0.2, 0.25) is 0 Å². The fraction of sp³-hybridized carbons (Fsp3) is 0.636. The number of nitrogens with zero attached hydrogens (tertiary/aromatic N) is 5. The molecular formula is C22H33N5O2. The van der Waals surface area contributed by atoms with Crippen molar-refractivity contribution in [2.24, 2.45) is 5.41 Å². The zero-order valence-electron chi connectivity index (χ0n) is 18.7. The summed E-state index contributed by atoms with van der Waals surface area (Å²) >= 11 is 0. The van der Waals surface area contributed by atoms with Crippen LogP contribution in [0.5, 0.6) is 0 Å². The van der Waals surface area contributed by atoms with E-state index in [-0.39, 0.29) is 23.8 Å². The molecule has 2 aromatic heterocycles. The van der Waals surface area contributed by atoms with Crippen LogP contribution in [0.25, 0.3) is 11.0 Å². The van der Waals surface area contributed by atoms with Crippen molar-refractivity contribution < 1.29 is 9.59 Å². The van der Waals surface area contributed by atoms with E-state index in [1.807, 2.05) is 41.3 Å². The van der Waals surface area contributed by atoms with Crippen LogP contribution in [-0.4, -0.2) is 62.6 Å². The molecule has 1 aliphatic heterocycles. The van der Waals surface area contributed by atoms with Gasteiger partial charge in [0.15, 0.2) is 5.65 Å². The lowest BCUT2D eigenvalue weighted by atomic mass is 9.94. The van der Waals surface area contributed by atoms with E-state index in [1.54, 1.807) is 6.20 Å². The maximum Gasteiger partial charge on any atom is 0.254 e. The molecule has 0 spiro atoms. The summed E-state index contributed by atoms with van der Waals surface area (Å²) in [6.45, 7) is 16.3. The molecule has 3 heterocycles. The quantitative estimate of drug-likeness (QED) is 0.792. The Morgan fingerprint density at radius 2 is 1.59 bits per heavy atom. The Hall–Kier alpha value is -2.44. The predicted octanol–water partition coefficient (Wildman–Crippen LogP) is 3.47. The van der Waals surface area contributed by atoms with Crippen LogP contribution in [0, 0.1) is 5.41 Å². The zero-order chi connectivity index (χ0) is 21.5. The van der Waals surface area contributed by atoms with E-state index in [1.165, 1.54) is 0 Å². The van der Waals surface area contributed by atoms with Crippen molar-refractivity contribution in [1.29, 1.82) is 0 Å². The summed E-state index contributed by atoms with van der Waals surface area (Å²) in [5.74, 6) is 0.337. The average Bonchev–Trinajstić information content (AvgIpc) is 3.09. The van der Waals surface area contributed by atoms with Gasteiger partial charge in [-0.05, 0) is 25.8 Å². The van der Waals surface area contributed by atoms with E-state index >= 15 is 0 Å². The molecule has 29 heavy (non-hydrogen) atoms. The number of hydrogen-bond acceptors (Lipinski definition) is 4. The van der Waals surface area contributed by atoms with E-state index in [0.29, 0.717) is 31.7 Å². The smallest absolute Gasteiger partial charge is 0.254 e. The molecule has 0 bridgehead atoms. The zero-order valence-corrected chi connectivity index (χ0v) is 18.7.